The van der Waals surface area contributed by atoms with Crippen LogP contribution >= 0.6 is 11.3 Å². The van der Waals surface area contributed by atoms with Crippen LogP contribution in [0.2, 0.25) is 0 Å². The molecule has 0 spiro atoms. The van der Waals surface area contributed by atoms with Gasteiger partial charge in [-0.2, -0.15) is 5.26 Å². The average molecular weight is 253 g/mol. The van der Waals surface area contributed by atoms with Crippen LogP contribution in [0.25, 0.3) is 0 Å². The first-order valence-corrected chi connectivity index (χ1v) is 6.48. The molecule has 2 N–H and O–H groups in total. The van der Waals surface area contributed by atoms with Gasteiger partial charge in [-0.25, -0.2) is 0 Å². The Morgan fingerprint density at radius 1 is 1.53 bits per heavy atom. The fourth-order valence-electron chi connectivity index (χ4n) is 1.70. The van der Waals surface area contributed by atoms with Crippen LogP contribution in [-0.4, -0.2) is 20.2 Å². The van der Waals surface area contributed by atoms with Gasteiger partial charge in [0.05, 0.1) is 7.11 Å². The summed E-state index contributed by atoms with van der Waals surface area (Å²) in [6.45, 7) is 8.22. The van der Waals surface area contributed by atoms with Crippen molar-refractivity contribution in [2.24, 2.45) is 5.92 Å². The number of nitrogens with zero attached hydrogens (tertiary/aromatic N) is 2. The molecule has 0 aromatic carbocycles. The van der Waals surface area contributed by atoms with Crippen molar-refractivity contribution in [3.8, 4) is 11.8 Å². The van der Waals surface area contributed by atoms with E-state index in [-0.39, 0.29) is 0 Å². The Hall–Kier alpha value is -1.41. The minimum atomic E-state index is 0.456. The number of hydrogen-bond acceptors (Lipinski definition) is 5. The van der Waals surface area contributed by atoms with E-state index >= 15 is 0 Å². The summed E-state index contributed by atoms with van der Waals surface area (Å²) in [5.41, 5.74) is 6.34. The maximum absolute atomic E-state index is 8.99. The molecule has 5 heteroatoms. The standard InChI is InChI=1S/C12H19N3OS/c1-5-15(7-8(2)3)12-11(16-4)10(14)9(6-13)17-12/h8H,5,7,14H2,1-4H3. The van der Waals surface area contributed by atoms with Crippen molar-refractivity contribution in [2.45, 2.75) is 20.8 Å². The van der Waals surface area contributed by atoms with Crippen molar-refractivity contribution >= 4 is 22.0 Å². The van der Waals surface area contributed by atoms with Gasteiger partial charge >= 0.3 is 0 Å². The van der Waals surface area contributed by atoms with E-state index in [9.17, 15) is 0 Å². The molecule has 1 aromatic heterocycles. The Kier molecular flexibility index (Phi) is 4.64. The van der Waals surface area contributed by atoms with Crippen LogP contribution in [0.1, 0.15) is 25.6 Å². The highest BCUT2D eigenvalue weighted by Gasteiger charge is 2.21. The van der Waals surface area contributed by atoms with E-state index in [0.29, 0.717) is 22.2 Å². The molecule has 1 rings (SSSR count). The summed E-state index contributed by atoms with van der Waals surface area (Å²) in [5.74, 6) is 1.18. The minimum absolute atomic E-state index is 0.456. The van der Waals surface area contributed by atoms with Gasteiger partial charge in [0.1, 0.15) is 21.6 Å². The SMILES string of the molecule is CCN(CC(C)C)c1sc(C#N)c(N)c1OC. The second-order valence-electron chi connectivity index (χ2n) is 4.23. The highest BCUT2D eigenvalue weighted by atomic mass is 32.1. The first kappa shape index (κ1) is 13.7. The smallest absolute Gasteiger partial charge is 0.177 e. The number of nitriles is 1. The Labute approximate surface area is 107 Å². The lowest BCUT2D eigenvalue weighted by molar-refractivity contribution is 0.417. The van der Waals surface area contributed by atoms with Crippen molar-refractivity contribution in [2.75, 3.05) is 30.8 Å². The van der Waals surface area contributed by atoms with Crippen molar-refractivity contribution in [1.29, 1.82) is 5.26 Å². The van der Waals surface area contributed by atoms with Gasteiger partial charge in [0, 0.05) is 13.1 Å². The Morgan fingerprint density at radius 2 is 2.18 bits per heavy atom. The van der Waals surface area contributed by atoms with Crippen LogP contribution < -0.4 is 15.4 Å². The second kappa shape index (κ2) is 5.78. The topological polar surface area (TPSA) is 62.3 Å². The number of nitrogen functional groups attached to an aromatic ring is 1. The van der Waals surface area contributed by atoms with E-state index in [0.717, 1.165) is 18.1 Å². The molecule has 94 valence electrons. The first-order valence-electron chi connectivity index (χ1n) is 5.66. The van der Waals surface area contributed by atoms with Crippen LogP contribution in [0, 0.1) is 17.2 Å². The monoisotopic (exact) mass is 253 g/mol. The van der Waals surface area contributed by atoms with Gasteiger partial charge in [0.15, 0.2) is 5.75 Å². The van der Waals surface area contributed by atoms with E-state index < -0.39 is 0 Å². The van der Waals surface area contributed by atoms with Gasteiger partial charge < -0.3 is 15.4 Å². The van der Waals surface area contributed by atoms with Crippen LogP contribution in [0.15, 0.2) is 0 Å². The molecule has 0 amide bonds. The van der Waals surface area contributed by atoms with Gasteiger partial charge in [0.25, 0.3) is 0 Å². The van der Waals surface area contributed by atoms with E-state index in [1.165, 1.54) is 11.3 Å². The summed E-state index contributed by atoms with van der Waals surface area (Å²) in [7, 11) is 1.59. The highest BCUT2D eigenvalue weighted by molar-refractivity contribution is 7.17. The van der Waals surface area contributed by atoms with Crippen molar-refractivity contribution in [3.05, 3.63) is 4.88 Å². The molecule has 0 unspecified atom stereocenters. The lowest BCUT2D eigenvalue weighted by Gasteiger charge is -2.24. The summed E-state index contributed by atoms with van der Waals surface area (Å²) < 4.78 is 5.32. The molecule has 4 nitrogen and oxygen atoms in total. The summed E-state index contributed by atoms with van der Waals surface area (Å²) in [5, 5.41) is 9.95. The molecule has 0 atom stereocenters. The predicted molar refractivity (Wildman–Crippen MR) is 72.7 cm³/mol. The minimum Gasteiger partial charge on any atom is -0.492 e. The van der Waals surface area contributed by atoms with Crippen molar-refractivity contribution in [1.82, 2.24) is 0 Å². The van der Waals surface area contributed by atoms with Gasteiger partial charge in [0.2, 0.25) is 0 Å². The third-order valence-electron chi connectivity index (χ3n) is 2.44. The number of ether oxygens (including phenoxy) is 1. The van der Waals surface area contributed by atoms with Crippen LogP contribution in [-0.2, 0) is 0 Å². The molecule has 0 saturated heterocycles. The zero-order valence-electron chi connectivity index (χ0n) is 10.8. The number of rotatable bonds is 5. The zero-order valence-corrected chi connectivity index (χ0v) is 11.6. The lowest BCUT2D eigenvalue weighted by atomic mass is 10.2. The second-order valence-corrected chi connectivity index (χ2v) is 5.23. The van der Waals surface area contributed by atoms with Crippen LogP contribution in [0.4, 0.5) is 10.7 Å². The average Bonchev–Trinajstić information content (AvgIpc) is 2.62. The Bertz CT molecular complexity index is 420. The molecule has 0 bridgehead atoms. The fraction of sp³-hybridized carbons (Fsp3) is 0.583. The summed E-state index contributed by atoms with van der Waals surface area (Å²) in [4.78, 5) is 2.73. The molecule has 0 fully saturated rings. The van der Waals surface area contributed by atoms with Gasteiger partial charge in [-0.3, -0.25) is 0 Å². The molecular formula is C12H19N3OS. The molecule has 1 aromatic rings. The normalized spacial score (nSPS) is 10.4. The largest absolute Gasteiger partial charge is 0.492 e. The van der Waals surface area contributed by atoms with Gasteiger partial charge in [-0.1, -0.05) is 13.8 Å². The summed E-state index contributed by atoms with van der Waals surface area (Å²) >= 11 is 1.40. The molecule has 0 saturated carbocycles. The third-order valence-corrected chi connectivity index (χ3v) is 3.59. The van der Waals surface area contributed by atoms with Gasteiger partial charge in [-0.15, -0.1) is 11.3 Å². The van der Waals surface area contributed by atoms with E-state index in [1.54, 1.807) is 7.11 Å². The van der Waals surface area contributed by atoms with Gasteiger partial charge in [-0.05, 0) is 12.8 Å². The molecule has 0 aliphatic rings. The van der Waals surface area contributed by atoms with Crippen molar-refractivity contribution < 1.29 is 4.74 Å². The maximum atomic E-state index is 8.99. The molecule has 0 radical (unpaired) electrons. The predicted octanol–water partition coefficient (Wildman–Crippen LogP) is 2.69. The van der Waals surface area contributed by atoms with Crippen LogP contribution in [0.3, 0.4) is 0 Å². The first-order chi connectivity index (χ1) is 8.04. The van der Waals surface area contributed by atoms with E-state index in [2.05, 4.69) is 31.7 Å². The quantitative estimate of drug-likeness (QED) is 0.876. The molecular weight excluding hydrogens is 234 g/mol. The number of thiophene rings is 1. The van der Waals surface area contributed by atoms with E-state index in [1.807, 2.05) is 0 Å². The number of methoxy groups -OCH3 is 1. The summed E-state index contributed by atoms with van der Waals surface area (Å²) in [6.07, 6.45) is 0. The molecule has 1 heterocycles. The fourth-order valence-corrected chi connectivity index (χ4v) is 2.76. The number of anilines is 2. The van der Waals surface area contributed by atoms with E-state index in [4.69, 9.17) is 15.7 Å². The zero-order chi connectivity index (χ0) is 13.0. The number of hydrogen-bond donors (Lipinski definition) is 1. The molecule has 0 aliphatic heterocycles. The van der Waals surface area contributed by atoms with Crippen molar-refractivity contribution in [3.63, 3.8) is 0 Å². The Morgan fingerprint density at radius 3 is 2.59 bits per heavy atom. The lowest BCUT2D eigenvalue weighted by Crippen LogP contribution is -2.26. The van der Waals surface area contributed by atoms with Crippen LogP contribution in [0.5, 0.6) is 5.75 Å². The number of nitrogens with two attached hydrogens (primary N) is 1. The summed E-state index contributed by atoms with van der Waals surface area (Å²) in [6, 6.07) is 2.11. The Balaban J connectivity index is 3.15. The highest BCUT2D eigenvalue weighted by Crippen LogP contribution is 2.44. The molecule has 17 heavy (non-hydrogen) atoms. The maximum Gasteiger partial charge on any atom is 0.177 e. The third kappa shape index (κ3) is 2.83. The molecule has 0 aliphatic carbocycles.